The van der Waals surface area contributed by atoms with Crippen LogP contribution in [0.5, 0.6) is 0 Å². The summed E-state index contributed by atoms with van der Waals surface area (Å²) >= 11 is 0. The van der Waals surface area contributed by atoms with E-state index in [0.717, 1.165) is 0 Å². The Morgan fingerprint density at radius 1 is 2.00 bits per heavy atom. The van der Waals surface area contributed by atoms with Crippen LogP contribution >= 0.6 is 9.03 Å². The van der Waals surface area contributed by atoms with Crippen molar-refractivity contribution in [3.05, 3.63) is 0 Å². The van der Waals surface area contributed by atoms with E-state index in [0.29, 0.717) is 0 Å². The molecule has 0 aromatic carbocycles. The molecule has 0 radical (unpaired) electrons. The van der Waals surface area contributed by atoms with Crippen LogP contribution in [-0.4, -0.2) is 12.0 Å². The molecule has 0 saturated heterocycles. The topological polar surface area (TPSA) is 29.5 Å². The van der Waals surface area contributed by atoms with Crippen LogP contribution in [0.2, 0.25) is 0 Å². The van der Waals surface area contributed by atoms with Crippen molar-refractivity contribution in [2.75, 3.05) is 7.11 Å². The molecular formula is CH7O2P. The van der Waals surface area contributed by atoms with Gasteiger partial charge in [-0.05, 0) is 0 Å². The third-order valence-corrected chi connectivity index (χ3v) is 0.387. The minimum absolute atomic E-state index is 1.08. The minimum atomic E-state index is -1.08. The van der Waals surface area contributed by atoms with Gasteiger partial charge in [-0.3, -0.25) is 0 Å². The third kappa shape index (κ3) is 2.35. The van der Waals surface area contributed by atoms with Crippen LogP contribution in [0.3, 0.4) is 0 Å². The zero-order valence-corrected chi connectivity index (χ0v) is 3.98. The Balaban J connectivity index is 1.97. The van der Waals surface area contributed by atoms with Gasteiger partial charge in [0.15, 0.2) is 0 Å². The van der Waals surface area contributed by atoms with E-state index in [4.69, 9.17) is 4.89 Å². The SMILES string of the molecule is CO[PH3]O. The van der Waals surface area contributed by atoms with Crippen molar-refractivity contribution >= 4 is 9.03 Å². The van der Waals surface area contributed by atoms with Crippen LogP contribution in [0.15, 0.2) is 0 Å². The molecule has 0 bridgehead atoms. The van der Waals surface area contributed by atoms with E-state index in [1.165, 1.54) is 7.11 Å². The molecule has 0 rings (SSSR count). The first-order valence-electron chi connectivity index (χ1n) is 1.01. The predicted molar refractivity (Wildman–Crippen MR) is 20.3 cm³/mol. The van der Waals surface area contributed by atoms with Crippen molar-refractivity contribution in [2.45, 2.75) is 0 Å². The molecule has 0 amide bonds. The standard InChI is InChI=1S/CH7O2P/c1-3-4-2/h2H,1,4H3. The van der Waals surface area contributed by atoms with Crippen molar-refractivity contribution in [3.63, 3.8) is 0 Å². The fraction of sp³-hybridized carbons (Fsp3) is 1.00. The maximum absolute atomic E-state index is 7.79. The molecule has 0 aromatic rings. The Morgan fingerprint density at radius 3 is 2.25 bits per heavy atom. The number of rotatable bonds is 1. The summed E-state index contributed by atoms with van der Waals surface area (Å²) in [7, 11) is 0.417. The molecule has 0 saturated carbocycles. The summed E-state index contributed by atoms with van der Waals surface area (Å²) in [4.78, 5) is 7.79. The van der Waals surface area contributed by atoms with Gasteiger partial charge in [-0.15, -0.1) is 0 Å². The van der Waals surface area contributed by atoms with E-state index in [1.807, 2.05) is 0 Å². The summed E-state index contributed by atoms with van der Waals surface area (Å²) in [6.45, 7) is 0. The molecule has 0 aliphatic carbocycles. The fourth-order valence-electron chi connectivity index (χ4n) is 0. The van der Waals surface area contributed by atoms with E-state index >= 15 is 0 Å². The van der Waals surface area contributed by atoms with Crippen LogP contribution in [0.25, 0.3) is 0 Å². The molecule has 3 heteroatoms. The van der Waals surface area contributed by atoms with Gasteiger partial charge in [0.1, 0.15) is 0 Å². The molecule has 0 atom stereocenters. The molecule has 1 N–H and O–H groups in total. The Kier molecular flexibility index (Phi) is 3.64. The third-order valence-electron chi connectivity index (χ3n) is 0.129. The zero-order chi connectivity index (χ0) is 3.41. The van der Waals surface area contributed by atoms with Gasteiger partial charge in [0, 0.05) is 0 Å². The summed E-state index contributed by atoms with van der Waals surface area (Å²) in [5.74, 6) is 0. The summed E-state index contributed by atoms with van der Waals surface area (Å²) in [6, 6.07) is 0. The summed E-state index contributed by atoms with van der Waals surface area (Å²) in [6.07, 6.45) is 0. The van der Waals surface area contributed by atoms with E-state index in [1.54, 1.807) is 0 Å². The quantitative estimate of drug-likeness (QED) is 0.436. The van der Waals surface area contributed by atoms with Crippen LogP contribution in [0.1, 0.15) is 0 Å². The van der Waals surface area contributed by atoms with Gasteiger partial charge in [-0.1, -0.05) is 0 Å². The fourth-order valence-corrected chi connectivity index (χ4v) is 0. The van der Waals surface area contributed by atoms with Crippen molar-refractivity contribution < 1.29 is 9.42 Å². The molecule has 0 fully saturated rings. The molecular weight excluding hydrogens is 75.0 g/mol. The van der Waals surface area contributed by atoms with Gasteiger partial charge in [-0.2, -0.15) is 0 Å². The zero-order valence-electron chi connectivity index (χ0n) is 2.56. The van der Waals surface area contributed by atoms with E-state index in [9.17, 15) is 0 Å². The van der Waals surface area contributed by atoms with Crippen molar-refractivity contribution in [3.8, 4) is 0 Å². The molecule has 0 heterocycles. The number of hydrogen-bond acceptors (Lipinski definition) is 2. The average molecular weight is 82.0 g/mol. The molecule has 0 unspecified atom stereocenters. The normalized spacial score (nSPS) is 8.50. The Morgan fingerprint density at radius 2 is 2.25 bits per heavy atom. The Hall–Kier alpha value is 0.350. The summed E-state index contributed by atoms with van der Waals surface area (Å²) < 4.78 is 4.24. The van der Waals surface area contributed by atoms with E-state index < -0.39 is 9.03 Å². The van der Waals surface area contributed by atoms with Gasteiger partial charge in [0.2, 0.25) is 0 Å². The first-order chi connectivity index (χ1) is 1.91. The molecule has 0 aliphatic rings. The van der Waals surface area contributed by atoms with Crippen LogP contribution in [-0.2, 0) is 4.52 Å². The number of hydrogen-bond donors (Lipinski definition) is 1. The first kappa shape index (κ1) is 4.35. The van der Waals surface area contributed by atoms with Crippen LogP contribution < -0.4 is 0 Å². The first-order valence-corrected chi connectivity index (χ1v) is 2.22. The van der Waals surface area contributed by atoms with Crippen LogP contribution in [0.4, 0.5) is 0 Å². The van der Waals surface area contributed by atoms with Crippen molar-refractivity contribution in [2.24, 2.45) is 0 Å². The van der Waals surface area contributed by atoms with Crippen molar-refractivity contribution in [1.82, 2.24) is 0 Å². The van der Waals surface area contributed by atoms with Gasteiger partial charge >= 0.3 is 25.6 Å². The average Bonchev–Trinajstić information content (AvgIpc) is 1.37. The molecule has 2 nitrogen and oxygen atoms in total. The van der Waals surface area contributed by atoms with E-state index in [2.05, 4.69) is 4.52 Å². The van der Waals surface area contributed by atoms with Gasteiger partial charge < -0.3 is 0 Å². The molecule has 0 spiro atoms. The molecule has 0 aromatic heterocycles. The molecule has 28 valence electrons. The Bertz CT molecular complexity index is 8.00. The monoisotopic (exact) mass is 82.0 g/mol. The Labute approximate surface area is 26.7 Å². The van der Waals surface area contributed by atoms with E-state index in [-0.39, 0.29) is 0 Å². The van der Waals surface area contributed by atoms with Crippen molar-refractivity contribution in [1.29, 1.82) is 0 Å². The van der Waals surface area contributed by atoms with Gasteiger partial charge in [0.25, 0.3) is 0 Å². The summed E-state index contributed by atoms with van der Waals surface area (Å²) in [5, 5.41) is 0. The maximum atomic E-state index is 7.79. The second kappa shape index (κ2) is 3.35. The molecule has 0 aliphatic heterocycles. The molecule has 4 heavy (non-hydrogen) atoms. The van der Waals surface area contributed by atoms with Gasteiger partial charge in [-0.25, -0.2) is 0 Å². The predicted octanol–water partition coefficient (Wildman–Crippen LogP) is -0.402. The second-order valence-electron chi connectivity index (χ2n) is 0.418. The second-order valence-corrected chi connectivity index (χ2v) is 1.25. The summed E-state index contributed by atoms with van der Waals surface area (Å²) in [5.41, 5.74) is 0. The van der Waals surface area contributed by atoms with Crippen LogP contribution in [0, 0.1) is 0 Å². The van der Waals surface area contributed by atoms with Gasteiger partial charge in [0.05, 0.1) is 0 Å².